The van der Waals surface area contributed by atoms with Crippen molar-refractivity contribution in [2.24, 2.45) is 0 Å². The first-order valence-electron chi connectivity index (χ1n) is 8.72. The molecule has 0 unspecified atom stereocenters. The molecule has 0 saturated carbocycles. The Morgan fingerprint density at radius 1 is 1.17 bits per heavy atom. The van der Waals surface area contributed by atoms with Crippen LogP contribution in [-0.2, 0) is 14.3 Å². The third-order valence-corrected chi connectivity index (χ3v) is 4.42. The molecule has 2 aromatic heterocycles. The fourth-order valence-electron chi connectivity index (χ4n) is 2.17. The molecule has 156 valence electrons. The summed E-state index contributed by atoms with van der Waals surface area (Å²) in [5.41, 5.74) is -0.406. The third-order valence-electron chi connectivity index (χ3n) is 3.44. The average molecular weight is 421 g/mol. The second-order valence-electron chi connectivity index (χ2n) is 7.22. The van der Waals surface area contributed by atoms with E-state index >= 15 is 0 Å². The van der Waals surface area contributed by atoms with Gasteiger partial charge in [-0.1, -0.05) is 0 Å². The number of nitrogens with one attached hydrogen (secondary N) is 2. The Morgan fingerprint density at radius 2 is 1.90 bits per heavy atom. The molecule has 0 radical (unpaired) electrons. The summed E-state index contributed by atoms with van der Waals surface area (Å²) in [4.78, 5) is 49.4. The Labute approximate surface area is 172 Å². The molecule has 0 bridgehead atoms. The molecule has 0 saturated heterocycles. The number of hydrogen-bond acceptors (Lipinski definition) is 7. The maximum Gasteiger partial charge on any atom is 0.348 e. The highest BCUT2D eigenvalue weighted by Crippen LogP contribution is 2.23. The predicted molar refractivity (Wildman–Crippen MR) is 107 cm³/mol. The third kappa shape index (κ3) is 7.07. The lowest BCUT2D eigenvalue weighted by atomic mass is 10.1. The standard InChI is InChI=1S/C19H23N3O6S/c1-19(2,3)21-14(23)10-22(4)16(24)11-28-18(26)13-7-8-15(29-13)20-17(25)12-6-5-9-27-12/h5-9H,10-11H2,1-4H3,(H,20,25)(H,21,23). The van der Waals surface area contributed by atoms with Crippen molar-refractivity contribution in [3.05, 3.63) is 41.2 Å². The van der Waals surface area contributed by atoms with Crippen molar-refractivity contribution < 1.29 is 28.3 Å². The maximum absolute atomic E-state index is 12.1. The minimum Gasteiger partial charge on any atom is -0.459 e. The number of carbonyl (C=O) groups excluding carboxylic acids is 4. The van der Waals surface area contributed by atoms with Crippen molar-refractivity contribution in [2.45, 2.75) is 26.3 Å². The lowest BCUT2D eigenvalue weighted by molar-refractivity contribution is -0.137. The topological polar surface area (TPSA) is 118 Å². The van der Waals surface area contributed by atoms with E-state index in [1.54, 1.807) is 12.1 Å². The summed E-state index contributed by atoms with van der Waals surface area (Å²) < 4.78 is 9.99. The molecule has 0 fully saturated rings. The smallest absolute Gasteiger partial charge is 0.348 e. The quantitative estimate of drug-likeness (QED) is 0.661. The fourth-order valence-corrected chi connectivity index (χ4v) is 2.96. The van der Waals surface area contributed by atoms with Gasteiger partial charge in [-0.2, -0.15) is 0 Å². The van der Waals surface area contributed by atoms with Crippen LogP contribution >= 0.6 is 11.3 Å². The number of nitrogens with zero attached hydrogens (tertiary/aromatic N) is 1. The minimum atomic E-state index is -0.700. The lowest BCUT2D eigenvalue weighted by Crippen LogP contribution is -2.46. The first kappa shape index (κ1) is 22.2. The Balaban J connectivity index is 1.81. The van der Waals surface area contributed by atoms with E-state index in [4.69, 9.17) is 9.15 Å². The van der Waals surface area contributed by atoms with Gasteiger partial charge in [0, 0.05) is 12.6 Å². The van der Waals surface area contributed by atoms with Crippen LogP contribution in [0.2, 0.25) is 0 Å². The van der Waals surface area contributed by atoms with Gasteiger partial charge in [0.25, 0.3) is 11.8 Å². The fraction of sp³-hybridized carbons (Fsp3) is 0.368. The number of carbonyl (C=O) groups is 4. The number of esters is 1. The number of amides is 3. The van der Waals surface area contributed by atoms with Crippen molar-refractivity contribution in [3.8, 4) is 0 Å². The SMILES string of the molecule is CN(CC(=O)NC(C)(C)C)C(=O)COC(=O)c1ccc(NC(=O)c2ccco2)s1. The molecule has 2 rings (SSSR count). The van der Waals surface area contributed by atoms with Crippen molar-refractivity contribution in [1.29, 1.82) is 0 Å². The van der Waals surface area contributed by atoms with Crippen LogP contribution in [0.15, 0.2) is 34.9 Å². The second kappa shape index (κ2) is 9.37. The van der Waals surface area contributed by atoms with Crippen LogP contribution in [0.3, 0.4) is 0 Å². The Morgan fingerprint density at radius 3 is 2.52 bits per heavy atom. The van der Waals surface area contributed by atoms with E-state index < -0.39 is 29.9 Å². The number of anilines is 1. The van der Waals surface area contributed by atoms with Crippen molar-refractivity contribution >= 4 is 40.0 Å². The summed E-state index contributed by atoms with van der Waals surface area (Å²) >= 11 is 1.01. The highest BCUT2D eigenvalue weighted by atomic mass is 32.1. The van der Waals surface area contributed by atoms with E-state index in [9.17, 15) is 19.2 Å². The van der Waals surface area contributed by atoms with Crippen LogP contribution in [0.4, 0.5) is 5.00 Å². The number of hydrogen-bond donors (Lipinski definition) is 2. The first-order valence-corrected chi connectivity index (χ1v) is 9.53. The van der Waals surface area contributed by atoms with Crippen LogP contribution < -0.4 is 10.6 Å². The molecule has 0 spiro atoms. The van der Waals surface area contributed by atoms with Gasteiger partial charge in [0.15, 0.2) is 12.4 Å². The number of furan rings is 1. The number of likely N-dealkylation sites (N-methyl/N-ethyl adjacent to an activating group) is 1. The van der Waals surface area contributed by atoms with Crippen LogP contribution in [0.25, 0.3) is 0 Å². The normalized spacial score (nSPS) is 10.9. The number of thiophene rings is 1. The van der Waals surface area contributed by atoms with Crippen molar-refractivity contribution in [3.63, 3.8) is 0 Å². The highest BCUT2D eigenvalue weighted by molar-refractivity contribution is 7.18. The molecule has 0 aliphatic heterocycles. The zero-order valence-electron chi connectivity index (χ0n) is 16.6. The molecular weight excluding hydrogens is 398 g/mol. The van der Waals surface area contributed by atoms with Crippen LogP contribution in [-0.4, -0.2) is 54.3 Å². The molecule has 0 aromatic carbocycles. The van der Waals surface area contributed by atoms with Crippen molar-refractivity contribution in [1.82, 2.24) is 10.2 Å². The maximum atomic E-state index is 12.1. The van der Waals surface area contributed by atoms with Gasteiger partial charge in [-0.25, -0.2) is 4.79 Å². The summed E-state index contributed by atoms with van der Waals surface area (Å²) in [7, 11) is 1.45. The van der Waals surface area contributed by atoms with Gasteiger partial charge in [-0.05, 0) is 45.0 Å². The number of rotatable bonds is 7. The van der Waals surface area contributed by atoms with Crippen LogP contribution in [0.1, 0.15) is 41.0 Å². The van der Waals surface area contributed by atoms with E-state index in [-0.39, 0.29) is 23.1 Å². The molecule has 10 heteroatoms. The predicted octanol–water partition coefficient (Wildman–Crippen LogP) is 2.12. The molecule has 0 aliphatic carbocycles. The van der Waals surface area contributed by atoms with Gasteiger partial charge in [0.2, 0.25) is 5.91 Å². The molecule has 2 aromatic rings. The molecule has 29 heavy (non-hydrogen) atoms. The van der Waals surface area contributed by atoms with Gasteiger partial charge < -0.3 is 24.7 Å². The van der Waals surface area contributed by atoms with Gasteiger partial charge in [-0.3, -0.25) is 14.4 Å². The van der Waals surface area contributed by atoms with E-state index in [1.165, 1.54) is 30.3 Å². The molecular formula is C19H23N3O6S. The minimum absolute atomic E-state index is 0.143. The summed E-state index contributed by atoms with van der Waals surface area (Å²) in [6.45, 7) is 4.86. The Kier molecular flexibility index (Phi) is 7.16. The summed E-state index contributed by atoms with van der Waals surface area (Å²) in [6, 6.07) is 6.14. The van der Waals surface area contributed by atoms with Crippen LogP contribution in [0, 0.1) is 0 Å². The molecule has 9 nitrogen and oxygen atoms in total. The summed E-state index contributed by atoms with van der Waals surface area (Å²) in [5, 5.41) is 5.78. The first-order chi connectivity index (χ1) is 13.5. The second-order valence-corrected chi connectivity index (χ2v) is 8.30. The zero-order chi connectivity index (χ0) is 21.6. The zero-order valence-corrected chi connectivity index (χ0v) is 17.4. The highest BCUT2D eigenvalue weighted by Gasteiger charge is 2.20. The van der Waals surface area contributed by atoms with E-state index in [2.05, 4.69) is 10.6 Å². The monoisotopic (exact) mass is 421 g/mol. The Hall–Kier alpha value is -3.14. The molecule has 3 amide bonds. The van der Waals surface area contributed by atoms with E-state index in [0.29, 0.717) is 5.00 Å². The Bertz CT molecular complexity index is 882. The van der Waals surface area contributed by atoms with Crippen LogP contribution in [0.5, 0.6) is 0 Å². The summed E-state index contributed by atoms with van der Waals surface area (Å²) in [5.74, 6) is -1.82. The van der Waals surface area contributed by atoms with E-state index in [1.807, 2.05) is 20.8 Å². The van der Waals surface area contributed by atoms with E-state index in [0.717, 1.165) is 11.3 Å². The molecule has 2 N–H and O–H groups in total. The largest absolute Gasteiger partial charge is 0.459 e. The summed E-state index contributed by atoms with van der Waals surface area (Å²) in [6.07, 6.45) is 1.38. The lowest BCUT2D eigenvalue weighted by Gasteiger charge is -2.23. The van der Waals surface area contributed by atoms with Gasteiger partial charge in [-0.15, -0.1) is 11.3 Å². The molecule has 0 aliphatic rings. The molecule has 2 heterocycles. The molecule has 0 atom stereocenters. The van der Waals surface area contributed by atoms with Gasteiger partial charge >= 0.3 is 5.97 Å². The average Bonchev–Trinajstić information content (AvgIpc) is 3.29. The number of ether oxygens (including phenoxy) is 1. The van der Waals surface area contributed by atoms with Gasteiger partial charge in [0.05, 0.1) is 17.8 Å². The van der Waals surface area contributed by atoms with Gasteiger partial charge in [0.1, 0.15) is 4.88 Å². The van der Waals surface area contributed by atoms with Crippen molar-refractivity contribution in [2.75, 3.05) is 25.5 Å².